The molecule has 5 heteroatoms. The van der Waals surface area contributed by atoms with Gasteiger partial charge >= 0.3 is 0 Å². The molecule has 4 nitrogen and oxygen atoms in total. The van der Waals surface area contributed by atoms with Crippen LogP contribution in [0.1, 0.15) is 23.3 Å². The van der Waals surface area contributed by atoms with E-state index in [2.05, 4.69) is 28.1 Å². The van der Waals surface area contributed by atoms with Gasteiger partial charge in [0.2, 0.25) is 5.91 Å². The first kappa shape index (κ1) is 14.1. The van der Waals surface area contributed by atoms with Crippen molar-refractivity contribution in [2.75, 3.05) is 26.2 Å². The number of nitrogens with zero attached hydrogens (tertiary/aromatic N) is 1. The Kier molecular flexibility index (Phi) is 5.40. The van der Waals surface area contributed by atoms with Gasteiger partial charge < -0.3 is 10.4 Å². The quantitative estimate of drug-likeness (QED) is 0.804. The zero-order chi connectivity index (χ0) is 13.5. The molecule has 0 radical (unpaired) electrons. The molecule has 1 aromatic heterocycles. The topological polar surface area (TPSA) is 52.6 Å². The molecule has 0 atom stereocenters. The molecule has 0 spiro atoms. The van der Waals surface area contributed by atoms with E-state index < -0.39 is 0 Å². The summed E-state index contributed by atoms with van der Waals surface area (Å²) in [6.45, 7) is 3.43. The average Bonchev–Trinajstić information content (AvgIpc) is 2.73. The van der Waals surface area contributed by atoms with E-state index >= 15 is 0 Å². The SMILES string of the molecule is O=C1CCN(Cc2cc(C#CCCO)cs2)CCN1. The van der Waals surface area contributed by atoms with E-state index in [4.69, 9.17) is 5.11 Å². The highest BCUT2D eigenvalue weighted by atomic mass is 32.1. The molecule has 1 fully saturated rings. The summed E-state index contributed by atoms with van der Waals surface area (Å²) in [5.74, 6) is 6.10. The molecule has 19 heavy (non-hydrogen) atoms. The third kappa shape index (κ3) is 4.67. The van der Waals surface area contributed by atoms with Crippen LogP contribution < -0.4 is 5.32 Å². The maximum atomic E-state index is 11.3. The minimum atomic E-state index is 0.110. The molecule has 0 aromatic carbocycles. The summed E-state index contributed by atoms with van der Waals surface area (Å²) in [4.78, 5) is 14.8. The highest BCUT2D eigenvalue weighted by Gasteiger charge is 2.13. The van der Waals surface area contributed by atoms with Gasteiger partial charge in [-0.15, -0.1) is 11.3 Å². The predicted octanol–water partition coefficient (Wildman–Crippen LogP) is 0.804. The Hall–Kier alpha value is -1.35. The summed E-state index contributed by atoms with van der Waals surface area (Å²) in [6.07, 6.45) is 1.10. The minimum absolute atomic E-state index is 0.110. The fourth-order valence-electron chi connectivity index (χ4n) is 1.94. The minimum Gasteiger partial charge on any atom is -0.395 e. The lowest BCUT2D eigenvalue weighted by Crippen LogP contribution is -2.27. The molecular formula is C14H18N2O2S. The number of hydrogen-bond acceptors (Lipinski definition) is 4. The second-order valence-electron chi connectivity index (χ2n) is 4.45. The summed E-state index contributed by atoms with van der Waals surface area (Å²) in [7, 11) is 0. The summed E-state index contributed by atoms with van der Waals surface area (Å²) in [6, 6.07) is 2.09. The number of thiophene rings is 1. The van der Waals surface area contributed by atoms with E-state index in [1.54, 1.807) is 11.3 Å². The van der Waals surface area contributed by atoms with Gasteiger partial charge in [-0.2, -0.15) is 0 Å². The maximum Gasteiger partial charge on any atom is 0.221 e. The second kappa shape index (κ2) is 7.29. The fourth-order valence-corrected chi connectivity index (χ4v) is 2.80. The first-order valence-corrected chi connectivity index (χ1v) is 7.32. The van der Waals surface area contributed by atoms with Gasteiger partial charge in [-0.1, -0.05) is 11.8 Å². The third-order valence-electron chi connectivity index (χ3n) is 2.91. The van der Waals surface area contributed by atoms with Crippen LogP contribution in [0.5, 0.6) is 0 Å². The van der Waals surface area contributed by atoms with Crippen LogP contribution >= 0.6 is 11.3 Å². The van der Waals surface area contributed by atoms with Crippen LogP contribution in [0, 0.1) is 11.8 Å². The van der Waals surface area contributed by atoms with Gasteiger partial charge in [-0.3, -0.25) is 9.69 Å². The van der Waals surface area contributed by atoms with E-state index in [1.807, 2.05) is 5.38 Å². The highest BCUT2D eigenvalue weighted by Crippen LogP contribution is 2.16. The molecule has 2 heterocycles. The van der Waals surface area contributed by atoms with Crippen molar-refractivity contribution in [3.63, 3.8) is 0 Å². The van der Waals surface area contributed by atoms with Crippen LogP contribution in [0.25, 0.3) is 0 Å². The normalized spacial score (nSPS) is 16.4. The summed E-state index contributed by atoms with van der Waals surface area (Å²) in [5, 5.41) is 13.6. The Morgan fingerprint density at radius 1 is 1.47 bits per heavy atom. The molecular weight excluding hydrogens is 260 g/mol. The van der Waals surface area contributed by atoms with Gasteiger partial charge in [0.25, 0.3) is 0 Å². The van der Waals surface area contributed by atoms with Crippen molar-refractivity contribution in [3.8, 4) is 11.8 Å². The summed E-state index contributed by atoms with van der Waals surface area (Å²) in [5.41, 5.74) is 1.01. The van der Waals surface area contributed by atoms with Crippen LogP contribution in [0.4, 0.5) is 0 Å². The van der Waals surface area contributed by atoms with Crippen molar-refractivity contribution in [2.24, 2.45) is 0 Å². The van der Waals surface area contributed by atoms with Crippen molar-refractivity contribution < 1.29 is 9.90 Å². The highest BCUT2D eigenvalue weighted by molar-refractivity contribution is 7.10. The molecule has 0 aliphatic carbocycles. The Morgan fingerprint density at radius 2 is 2.37 bits per heavy atom. The Labute approximate surface area is 117 Å². The number of carbonyl (C=O) groups is 1. The zero-order valence-electron chi connectivity index (χ0n) is 10.8. The number of nitrogens with one attached hydrogen (secondary N) is 1. The van der Waals surface area contributed by atoms with E-state index in [9.17, 15) is 4.79 Å². The van der Waals surface area contributed by atoms with Gasteiger partial charge in [-0.05, 0) is 6.07 Å². The van der Waals surface area contributed by atoms with Crippen molar-refractivity contribution in [2.45, 2.75) is 19.4 Å². The molecule has 0 bridgehead atoms. The molecule has 102 valence electrons. The van der Waals surface area contributed by atoms with Crippen molar-refractivity contribution >= 4 is 17.2 Å². The van der Waals surface area contributed by atoms with Crippen LogP contribution in [-0.2, 0) is 11.3 Å². The van der Waals surface area contributed by atoms with Crippen LogP contribution in [0.3, 0.4) is 0 Å². The Balaban J connectivity index is 1.89. The maximum absolute atomic E-state index is 11.3. The first-order chi connectivity index (χ1) is 9.28. The predicted molar refractivity (Wildman–Crippen MR) is 75.8 cm³/mol. The zero-order valence-corrected chi connectivity index (χ0v) is 11.6. The molecule has 1 aromatic rings. The molecule has 2 N–H and O–H groups in total. The van der Waals surface area contributed by atoms with Gasteiger partial charge in [-0.25, -0.2) is 0 Å². The Morgan fingerprint density at radius 3 is 3.21 bits per heavy atom. The number of hydrogen-bond donors (Lipinski definition) is 2. The number of amides is 1. The van der Waals surface area contributed by atoms with Crippen LogP contribution in [0.2, 0.25) is 0 Å². The smallest absolute Gasteiger partial charge is 0.221 e. The standard InChI is InChI=1S/C14H18N2O2S/c17-8-2-1-3-12-9-13(19-11-12)10-16-6-4-14(18)15-5-7-16/h9,11,17H,2,4-8,10H2,(H,15,18). The summed E-state index contributed by atoms with van der Waals surface area (Å²) >= 11 is 1.70. The van der Waals surface area contributed by atoms with Gasteiger partial charge in [0.15, 0.2) is 0 Å². The van der Waals surface area contributed by atoms with Crippen LogP contribution in [-0.4, -0.2) is 42.2 Å². The van der Waals surface area contributed by atoms with Gasteiger partial charge in [0, 0.05) is 54.8 Å². The molecule has 1 saturated heterocycles. The lowest BCUT2D eigenvalue weighted by atomic mass is 10.3. The van der Waals surface area contributed by atoms with Gasteiger partial charge in [0.1, 0.15) is 0 Å². The van der Waals surface area contributed by atoms with Gasteiger partial charge in [0.05, 0.1) is 6.61 Å². The molecule has 1 aliphatic heterocycles. The van der Waals surface area contributed by atoms with E-state index in [-0.39, 0.29) is 12.5 Å². The number of aliphatic hydroxyl groups excluding tert-OH is 1. The lowest BCUT2D eigenvalue weighted by molar-refractivity contribution is -0.120. The molecule has 1 amide bonds. The van der Waals surface area contributed by atoms with E-state index in [1.165, 1.54) is 4.88 Å². The molecule has 1 aliphatic rings. The van der Waals surface area contributed by atoms with Crippen molar-refractivity contribution in [1.29, 1.82) is 0 Å². The van der Waals surface area contributed by atoms with Crippen molar-refractivity contribution in [1.82, 2.24) is 10.2 Å². The van der Waals surface area contributed by atoms with E-state index in [0.29, 0.717) is 12.8 Å². The Bertz CT molecular complexity index is 487. The monoisotopic (exact) mass is 278 g/mol. The average molecular weight is 278 g/mol. The number of rotatable bonds is 3. The van der Waals surface area contributed by atoms with E-state index in [0.717, 1.165) is 31.7 Å². The van der Waals surface area contributed by atoms with Crippen LogP contribution in [0.15, 0.2) is 11.4 Å². The van der Waals surface area contributed by atoms with Crippen molar-refractivity contribution in [3.05, 3.63) is 21.9 Å². The second-order valence-corrected chi connectivity index (χ2v) is 5.45. The largest absolute Gasteiger partial charge is 0.395 e. The first-order valence-electron chi connectivity index (χ1n) is 6.44. The number of aliphatic hydroxyl groups is 1. The molecule has 0 unspecified atom stereocenters. The molecule has 2 rings (SSSR count). The lowest BCUT2D eigenvalue weighted by Gasteiger charge is -2.17. The summed E-state index contributed by atoms with van der Waals surface area (Å²) < 4.78 is 0. The number of carbonyl (C=O) groups excluding carboxylic acids is 1. The third-order valence-corrected chi connectivity index (χ3v) is 3.83. The fraction of sp³-hybridized carbons (Fsp3) is 0.500. The molecule has 0 saturated carbocycles.